The van der Waals surface area contributed by atoms with E-state index in [2.05, 4.69) is 27.7 Å². The van der Waals surface area contributed by atoms with Gasteiger partial charge < -0.3 is 20.4 Å². The molecule has 0 heterocycles. The molecule has 0 atom stereocenters. The van der Waals surface area contributed by atoms with Crippen LogP contribution in [-0.4, -0.2) is 84.6 Å². The molecule has 0 aromatic rings. The summed E-state index contributed by atoms with van der Waals surface area (Å²) in [7, 11) is 0. The summed E-state index contributed by atoms with van der Waals surface area (Å²) in [5, 5.41) is 32.3. The first-order valence-corrected chi connectivity index (χ1v) is 8.09. The van der Waals surface area contributed by atoms with Crippen LogP contribution >= 0.6 is 0 Å². The molecule has 4 nitrogen and oxygen atoms in total. The van der Waals surface area contributed by atoms with Crippen molar-refractivity contribution in [2.45, 2.75) is 79.1 Å². The molecule has 136 valence electrons. The Kier molecular flexibility index (Phi) is 101. The fraction of sp³-hybridized carbons (Fsp3) is 1.00. The quantitative estimate of drug-likeness (QED) is 0.482. The number of unbranched alkanes of at least 4 members (excludes halogenated alkanes) is 4. The van der Waals surface area contributed by atoms with E-state index < -0.39 is 0 Å². The van der Waals surface area contributed by atoms with Gasteiger partial charge in [-0.05, 0) is 25.7 Å². The Hall–Kier alpha value is 1.81. The van der Waals surface area contributed by atoms with Crippen LogP contribution in [0.25, 0.3) is 0 Å². The fourth-order valence-corrected chi connectivity index (χ4v) is 0.632. The maximum absolute atomic E-state index is 8.07. The van der Waals surface area contributed by atoms with Gasteiger partial charge in [0.25, 0.3) is 0 Å². The van der Waals surface area contributed by atoms with Crippen LogP contribution in [0.4, 0.5) is 0 Å². The van der Waals surface area contributed by atoms with E-state index in [1.54, 1.807) is 0 Å². The largest absolute Gasteiger partial charge is 0 e. The van der Waals surface area contributed by atoms with Crippen LogP contribution in [0.5, 0.6) is 0 Å². The van der Waals surface area contributed by atoms with E-state index >= 15 is 0 Å². The average Bonchev–Trinajstić information content (AvgIpc) is 2.44. The number of aliphatic hydroxyl groups is 4. The molecule has 0 aliphatic rings. The average molecular weight is 386 g/mol. The van der Waals surface area contributed by atoms with Crippen LogP contribution in [0.15, 0.2) is 0 Å². The molecular weight excluding hydrogens is 344 g/mol. The summed E-state index contributed by atoms with van der Waals surface area (Å²) in [6.45, 7) is 9.58. The summed E-state index contributed by atoms with van der Waals surface area (Å²) >= 11 is 0. The molecule has 0 bridgehead atoms. The van der Waals surface area contributed by atoms with Crippen molar-refractivity contribution in [2.75, 3.05) is 26.4 Å². The molecule has 0 amide bonds. The van der Waals surface area contributed by atoms with Gasteiger partial charge in [0, 0.05) is 48.1 Å². The van der Waals surface area contributed by atoms with Crippen molar-refractivity contribution in [3.8, 4) is 0 Å². The van der Waals surface area contributed by atoms with Crippen LogP contribution in [0.2, 0.25) is 0 Å². The van der Waals surface area contributed by atoms with Crippen molar-refractivity contribution in [2.24, 2.45) is 0 Å². The van der Waals surface area contributed by atoms with Crippen LogP contribution in [-0.2, 0) is 21.7 Å². The standard InChI is InChI=1S/4C4H10O.Ca.Ti.2H/c4*1-2-3-4-5;;;;/h4*5H,2-4H2,1H3;;;;. The molecule has 0 saturated carbocycles. The Balaban J connectivity index is -0.0000000376. The third-order valence-electron chi connectivity index (χ3n) is 2.05. The molecule has 0 saturated heterocycles. The Morgan fingerprint density at radius 2 is 0.591 bits per heavy atom. The molecule has 0 aliphatic heterocycles. The molecule has 0 radical (unpaired) electrons. The molecule has 0 aromatic carbocycles. The van der Waals surface area contributed by atoms with E-state index in [-0.39, 0.29) is 59.5 Å². The van der Waals surface area contributed by atoms with Gasteiger partial charge >= 0.3 is 37.7 Å². The van der Waals surface area contributed by atoms with E-state index in [9.17, 15) is 0 Å². The van der Waals surface area contributed by atoms with E-state index in [4.69, 9.17) is 20.4 Å². The van der Waals surface area contributed by atoms with Gasteiger partial charge in [-0.2, -0.15) is 0 Å². The molecule has 0 spiro atoms. The third-order valence-corrected chi connectivity index (χ3v) is 2.05. The molecule has 0 aliphatic carbocycles. The van der Waals surface area contributed by atoms with Gasteiger partial charge in [0.1, 0.15) is 0 Å². The minimum Gasteiger partial charge on any atom is 0 e. The summed E-state index contributed by atoms with van der Waals surface area (Å²) in [6.07, 6.45) is 8.15. The van der Waals surface area contributed by atoms with Crippen LogP contribution in [0, 0.1) is 0 Å². The Labute approximate surface area is 184 Å². The van der Waals surface area contributed by atoms with Crippen molar-refractivity contribution < 1.29 is 42.1 Å². The zero-order valence-corrected chi connectivity index (χ0v) is 16.3. The van der Waals surface area contributed by atoms with Crippen molar-refractivity contribution in [1.82, 2.24) is 0 Å². The van der Waals surface area contributed by atoms with Gasteiger partial charge in [-0.25, -0.2) is 0 Å². The maximum atomic E-state index is 8.07. The first-order chi connectivity index (χ1) is 9.66. The van der Waals surface area contributed by atoms with Crippen molar-refractivity contribution in [3.63, 3.8) is 0 Å². The summed E-state index contributed by atoms with van der Waals surface area (Å²) in [6, 6.07) is 0. The molecule has 22 heavy (non-hydrogen) atoms. The van der Waals surface area contributed by atoms with Gasteiger partial charge in [0.2, 0.25) is 0 Å². The first-order valence-electron chi connectivity index (χ1n) is 8.09. The van der Waals surface area contributed by atoms with Crippen LogP contribution in [0.1, 0.15) is 79.1 Å². The molecule has 4 N–H and O–H groups in total. The number of hydrogen-bond donors (Lipinski definition) is 4. The van der Waals surface area contributed by atoms with E-state index in [1.807, 2.05) is 0 Å². The zero-order valence-electron chi connectivity index (χ0n) is 14.8. The van der Waals surface area contributed by atoms with Gasteiger partial charge in [0.15, 0.2) is 0 Å². The number of rotatable bonds is 8. The molecule has 6 heteroatoms. The summed E-state index contributed by atoms with van der Waals surface area (Å²) < 4.78 is 0. The SMILES string of the molecule is CCCCO.CCCCO.CCCCO.CCCCO.[CaH2].[Ti]. The fourth-order valence-electron chi connectivity index (χ4n) is 0.632. The summed E-state index contributed by atoms with van der Waals surface area (Å²) in [4.78, 5) is 0. The Morgan fingerprint density at radius 1 is 0.455 bits per heavy atom. The molecule has 0 unspecified atom stereocenters. The predicted octanol–water partition coefficient (Wildman–Crippen LogP) is 2.20. The summed E-state index contributed by atoms with van der Waals surface area (Å²) in [5.41, 5.74) is 0. The third kappa shape index (κ3) is 98.1. The molecule has 0 fully saturated rings. The van der Waals surface area contributed by atoms with Gasteiger partial charge in [-0.3, -0.25) is 0 Å². The van der Waals surface area contributed by atoms with E-state index in [0.29, 0.717) is 26.4 Å². The van der Waals surface area contributed by atoms with Gasteiger partial charge in [-0.1, -0.05) is 53.4 Å². The van der Waals surface area contributed by atoms with Crippen LogP contribution in [0.3, 0.4) is 0 Å². The van der Waals surface area contributed by atoms with Crippen molar-refractivity contribution in [1.29, 1.82) is 0 Å². The van der Waals surface area contributed by atoms with E-state index in [1.165, 1.54) is 0 Å². The number of hydrogen-bond acceptors (Lipinski definition) is 4. The molecule has 0 rings (SSSR count). The maximum Gasteiger partial charge on any atom is 0 e. The summed E-state index contributed by atoms with van der Waals surface area (Å²) in [5.74, 6) is 0. The van der Waals surface area contributed by atoms with Gasteiger partial charge in [-0.15, -0.1) is 0 Å². The van der Waals surface area contributed by atoms with Crippen LogP contribution < -0.4 is 0 Å². The smallest absolute Gasteiger partial charge is 0 e. The molecule has 0 aromatic heterocycles. The normalized spacial score (nSPS) is 7.64. The van der Waals surface area contributed by atoms with Crippen molar-refractivity contribution >= 4 is 37.7 Å². The molecular formula is C16H42CaO4Ti. The monoisotopic (exact) mass is 386 g/mol. The Morgan fingerprint density at radius 3 is 0.591 bits per heavy atom. The second-order valence-electron chi connectivity index (χ2n) is 4.31. The topological polar surface area (TPSA) is 80.9 Å². The van der Waals surface area contributed by atoms with Gasteiger partial charge in [0.05, 0.1) is 0 Å². The second-order valence-corrected chi connectivity index (χ2v) is 4.31. The first kappa shape index (κ1) is 39.1. The van der Waals surface area contributed by atoms with E-state index in [0.717, 1.165) is 51.4 Å². The second kappa shape index (κ2) is 56.9. The number of aliphatic hydroxyl groups excluding tert-OH is 4. The minimum absolute atomic E-state index is 0. The Bertz CT molecular complexity index is 80.1. The minimum atomic E-state index is 0. The zero-order chi connectivity index (χ0) is 16.5. The predicted molar refractivity (Wildman–Crippen MR) is 96.5 cm³/mol. The van der Waals surface area contributed by atoms with Crippen molar-refractivity contribution in [3.05, 3.63) is 0 Å².